The summed E-state index contributed by atoms with van der Waals surface area (Å²) in [4.78, 5) is 20.8. The minimum absolute atomic E-state index is 0.0285. The Kier molecular flexibility index (Phi) is 4.57. The van der Waals surface area contributed by atoms with Crippen LogP contribution >= 0.6 is 0 Å². The summed E-state index contributed by atoms with van der Waals surface area (Å²) in [6.45, 7) is 4.93. The van der Waals surface area contributed by atoms with E-state index in [-0.39, 0.29) is 12.1 Å². The van der Waals surface area contributed by atoms with Gasteiger partial charge in [0, 0.05) is 25.0 Å². The first-order valence-electron chi connectivity index (χ1n) is 7.84. The average Bonchev–Trinajstić information content (AvgIpc) is 2.97. The highest BCUT2D eigenvalue weighted by atomic mass is 16.2. The van der Waals surface area contributed by atoms with Gasteiger partial charge in [0.2, 0.25) is 0 Å². The maximum Gasteiger partial charge on any atom is 0.325 e. The SMILES string of the molecule is C=CCCN1CC(c2ccc(C#N)cn2)N(c2ccccc2)C1=O. The molecule has 1 aromatic heterocycles. The summed E-state index contributed by atoms with van der Waals surface area (Å²) in [7, 11) is 0. The number of rotatable bonds is 5. The highest BCUT2D eigenvalue weighted by Gasteiger charge is 2.39. The lowest BCUT2D eigenvalue weighted by Crippen LogP contribution is -2.33. The lowest BCUT2D eigenvalue weighted by molar-refractivity contribution is 0.221. The summed E-state index contributed by atoms with van der Waals surface area (Å²) >= 11 is 0. The van der Waals surface area contributed by atoms with Gasteiger partial charge in [-0.25, -0.2) is 4.79 Å². The minimum atomic E-state index is -0.169. The summed E-state index contributed by atoms with van der Waals surface area (Å²) in [5.41, 5.74) is 2.14. The fourth-order valence-corrected chi connectivity index (χ4v) is 2.86. The lowest BCUT2D eigenvalue weighted by atomic mass is 10.1. The Labute approximate surface area is 141 Å². The average molecular weight is 318 g/mol. The van der Waals surface area contributed by atoms with Crippen molar-refractivity contribution < 1.29 is 4.79 Å². The van der Waals surface area contributed by atoms with Crippen molar-refractivity contribution in [2.45, 2.75) is 12.5 Å². The van der Waals surface area contributed by atoms with Crippen LogP contribution in [0.5, 0.6) is 0 Å². The van der Waals surface area contributed by atoms with Crippen LogP contribution in [-0.2, 0) is 0 Å². The summed E-state index contributed by atoms with van der Waals surface area (Å²) in [6.07, 6.45) is 4.12. The third-order valence-electron chi connectivity index (χ3n) is 4.08. The Hall–Kier alpha value is -3.13. The van der Waals surface area contributed by atoms with Gasteiger partial charge in [0.15, 0.2) is 0 Å². The zero-order chi connectivity index (χ0) is 16.9. The van der Waals surface area contributed by atoms with Crippen LogP contribution in [-0.4, -0.2) is 29.0 Å². The number of carbonyl (C=O) groups excluding carboxylic acids is 1. The molecule has 0 aliphatic carbocycles. The topological polar surface area (TPSA) is 60.2 Å². The molecule has 2 amide bonds. The second kappa shape index (κ2) is 6.97. The second-order valence-electron chi connectivity index (χ2n) is 5.61. The molecule has 1 aliphatic rings. The van der Waals surface area contributed by atoms with Crippen LogP contribution in [0.3, 0.4) is 0 Å². The molecule has 120 valence electrons. The van der Waals surface area contributed by atoms with Crippen LogP contribution in [0.4, 0.5) is 10.5 Å². The van der Waals surface area contributed by atoms with Crippen molar-refractivity contribution in [2.24, 2.45) is 0 Å². The van der Waals surface area contributed by atoms with Crippen LogP contribution in [0.15, 0.2) is 61.3 Å². The van der Waals surface area contributed by atoms with Crippen LogP contribution in [0.1, 0.15) is 23.7 Å². The van der Waals surface area contributed by atoms with Crippen molar-refractivity contribution in [3.05, 3.63) is 72.6 Å². The van der Waals surface area contributed by atoms with Crippen LogP contribution < -0.4 is 4.90 Å². The largest absolute Gasteiger partial charge is 0.325 e. The summed E-state index contributed by atoms with van der Waals surface area (Å²) < 4.78 is 0. The van der Waals surface area contributed by atoms with Gasteiger partial charge in [-0.05, 0) is 30.7 Å². The van der Waals surface area contributed by atoms with Crippen LogP contribution in [0.2, 0.25) is 0 Å². The Bertz CT molecular complexity index is 764. The number of para-hydroxylation sites is 1. The highest BCUT2D eigenvalue weighted by Crippen LogP contribution is 2.33. The first-order valence-corrected chi connectivity index (χ1v) is 7.84. The molecule has 1 saturated heterocycles. The predicted octanol–water partition coefficient (Wildman–Crippen LogP) is 3.51. The maximum absolute atomic E-state index is 12.9. The third-order valence-corrected chi connectivity index (χ3v) is 4.08. The molecule has 1 atom stereocenters. The first-order chi connectivity index (χ1) is 11.7. The quantitative estimate of drug-likeness (QED) is 0.793. The van der Waals surface area contributed by atoms with E-state index in [0.717, 1.165) is 17.8 Å². The summed E-state index contributed by atoms with van der Waals surface area (Å²) in [5, 5.41) is 8.93. The van der Waals surface area contributed by atoms with Crippen molar-refractivity contribution in [1.82, 2.24) is 9.88 Å². The van der Waals surface area contributed by atoms with Gasteiger partial charge in [-0.2, -0.15) is 5.26 Å². The van der Waals surface area contributed by atoms with Gasteiger partial charge in [-0.15, -0.1) is 6.58 Å². The number of anilines is 1. The van der Waals surface area contributed by atoms with E-state index in [1.165, 1.54) is 0 Å². The monoisotopic (exact) mass is 318 g/mol. The van der Waals surface area contributed by atoms with E-state index in [4.69, 9.17) is 5.26 Å². The molecule has 0 saturated carbocycles. The van der Waals surface area contributed by atoms with E-state index in [0.29, 0.717) is 18.7 Å². The minimum Gasteiger partial charge on any atom is -0.322 e. The molecule has 1 aromatic carbocycles. The molecular weight excluding hydrogens is 300 g/mol. The molecule has 0 N–H and O–H groups in total. The molecule has 3 rings (SSSR count). The van der Waals surface area contributed by atoms with E-state index in [2.05, 4.69) is 17.6 Å². The Morgan fingerprint density at radius 1 is 1.29 bits per heavy atom. The van der Waals surface area contributed by atoms with Gasteiger partial charge in [0.1, 0.15) is 6.07 Å². The molecular formula is C19H18N4O. The van der Waals surface area contributed by atoms with E-state index in [9.17, 15) is 4.79 Å². The Morgan fingerprint density at radius 3 is 2.71 bits per heavy atom. The van der Waals surface area contributed by atoms with E-state index >= 15 is 0 Å². The van der Waals surface area contributed by atoms with Gasteiger partial charge in [0.25, 0.3) is 0 Å². The van der Waals surface area contributed by atoms with Crippen molar-refractivity contribution in [3.8, 4) is 6.07 Å². The molecule has 2 heterocycles. The van der Waals surface area contributed by atoms with Crippen molar-refractivity contribution in [3.63, 3.8) is 0 Å². The number of pyridine rings is 1. The molecule has 0 bridgehead atoms. The van der Waals surface area contributed by atoms with Gasteiger partial charge in [-0.1, -0.05) is 24.3 Å². The third kappa shape index (κ3) is 2.99. The van der Waals surface area contributed by atoms with Gasteiger partial charge < -0.3 is 4.90 Å². The van der Waals surface area contributed by atoms with Crippen molar-refractivity contribution in [2.75, 3.05) is 18.0 Å². The van der Waals surface area contributed by atoms with Crippen molar-refractivity contribution in [1.29, 1.82) is 5.26 Å². The van der Waals surface area contributed by atoms with E-state index in [1.807, 2.05) is 47.4 Å². The number of hydrogen-bond donors (Lipinski definition) is 0. The number of aromatic nitrogens is 1. The Balaban J connectivity index is 1.95. The molecule has 1 unspecified atom stereocenters. The Morgan fingerprint density at radius 2 is 2.08 bits per heavy atom. The number of carbonyl (C=O) groups is 1. The summed E-state index contributed by atoms with van der Waals surface area (Å²) in [5.74, 6) is 0. The summed E-state index contributed by atoms with van der Waals surface area (Å²) in [6, 6.07) is 15.0. The molecule has 1 aliphatic heterocycles. The molecule has 24 heavy (non-hydrogen) atoms. The molecule has 2 aromatic rings. The number of amides is 2. The molecule has 1 fully saturated rings. The lowest BCUT2D eigenvalue weighted by Gasteiger charge is -2.23. The van der Waals surface area contributed by atoms with Crippen LogP contribution in [0, 0.1) is 11.3 Å². The zero-order valence-corrected chi connectivity index (χ0v) is 13.3. The standard InChI is InChI=1S/C19H18N4O/c1-2-3-11-22-14-18(17-10-9-15(12-20)13-21-17)23(19(22)24)16-7-5-4-6-8-16/h2,4-10,13,18H,1,3,11,14H2. The number of benzene rings is 1. The first kappa shape index (κ1) is 15.8. The fraction of sp³-hybridized carbons (Fsp3) is 0.211. The zero-order valence-electron chi connectivity index (χ0n) is 13.3. The van der Waals surface area contributed by atoms with Crippen LogP contribution in [0.25, 0.3) is 0 Å². The second-order valence-corrected chi connectivity index (χ2v) is 5.61. The predicted molar refractivity (Wildman–Crippen MR) is 92.4 cm³/mol. The van der Waals surface area contributed by atoms with Gasteiger partial charge in [-0.3, -0.25) is 9.88 Å². The van der Waals surface area contributed by atoms with Crippen molar-refractivity contribution >= 4 is 11.7 Å². The number of hydrogen-bond acceptors (Lipinski definition) is 3. The normalized spacial score (nSPS) is 17.0. The maximum atomic E-state index is 12.9. The number of nitrogens with zero attached hydrogens (tertiary/aromatic N) is 4. The van der Waals surface area contributed by atoms with E-state index < -0.39 is 0 Å². The number of urea groups is 1. The fourth-order valence-electron chi connectivity index (χ4n) is 2.86. The molecule has 0 spiro atoms. The molecule has 5 heteroatoms. The van der Waals surface area contributed by atoms with E-state index in [1.54, 1.807) is 17.2 Å². The smallest absolute Gasteiger partial charge is 0.322 e. The molecule has 0 radical (unpaired) electrons. The molecule has 5 nitrogen and oxygen atoms in total. The number of nitriles is 1. The van der Waals surface area contributed by atoms with Gasteiger partial charge in [0.05, 0.1) is 17.3 Å². The van der Waals surface area contributed by atoms with Gasteiger partial charge >= 0.3 is 6.03 Å². The highest BCUT2D eigenvalue weighted by molar-refractivity contribution is 5.95.